The Balaban J connectivity index is 1.06. The molecule has 294 valence electrons. The van der Waals surface area contributed by atoms with Crippen LogP contribution in [0.4, 0.5) is 0 Å². The van der Waals surface area contributed by atoms with E-state index in [0.29, 0.717) is 23.0 Å². The van der Waals surface area contributed by atoms with Crippen molar-refractivity contribution in [3.8, 4) is 84.7 Å². The van der Waals surface area contributed by atoms with Crippen molar-refractivity contribution in [3.05, 3.63) is 258 Å². The Morgan fingerprint density at radius 3 is 1.32 bits per heavy atom. The molecule has 0 saturated heterocycles. The molecule has 1 aliphatic carbocycles. The van der Waals surface area contributed by atoms with Crippen molar-refractivity contribution in [2.75, 3.05) is 0 Å². The summed E-state index contributed by atoms with van der Waals surface area (Å²) in [5.41, 5.74) is 16.8. The van der Waals surface area contributed by atoms with Crippen molar-refractivity contribution < 1.29 is 0 Å². The van der Waals surface area contributed by atoms with Gasteiger partial charge in [-0.15, -0.1) is 0 Å². The number of rotatable bonds is 8. The van der Waals surface area contributed by atoms with Crippen LogP contribution < -0.4 is 0 Å². The van der Waals surface area contributed by atoms with Gasteiger partial charge in [0.2, 0.25) is 0 Å². The summed E-state index contributed by atoms with van der Waals surface area (Å²) in [7, 11) is 0. The first-order valence-corrected chi connectivity index (χ1v) is 21.2. The van der Waals surface area contributed by atoms with Gasteiger partial charge in [-0.1, -0.05) is 200 Å². The molecule has 0 fully saturated rings. The fourth-order valence-corrected chi connectivity index (χ4v) is 9.31. The van der Waals surface area contributed by atoms with E-state index in [1.807, 2.05) is 72.8 Å². The lowest BCUT2D eigenvalue weighted by molar-refractivity contribution is 0.769. The highest BCUT2D eigenvalue weighted by Crippen LogP contribution is 2.58. The number of nitriles is 1. The minimum Gasteiger partial charge on any atom is -0.208 e. The van der Waals surface area contributed by atoms with Crippen molar-refractivity contribution in [1.82, 2.24) is 15.0 Å². The minimum atomic E-state index is -0.539. The molecule has 0 N–H and O–H groups in total. The maximum absolute atomic E-state index is 9.70. The summed E-state index contributed by atoms with van der Waals surface area (Å²) in [5, 5.41) is 9.70. The minimum absolute atomic E-state index is 0.539. The van der Waals surface area contributed by atoms with Crippen molar-refractivity contribution in [2.45, 2.75) is 5.41 Å². The third-order valence-electron chi connectivity index (χ3n) is 12.3. The Morgan fingerprint density at radius 2 is 0.746 bits per heavy atom. The fourth-order valence-electron chi connectivity index (χ4n) is 9.31. The van der Waals surface area contributed by atoms with Crippen LogP contribution in [0.15, 0.2) is 231 Å². The molecule has 0 radical (unpaired) electrons. The molecular weight excluding hydrogens is 765 g/mol. The number of hydrogen-bond acceptors (Lipinski definition) is 4. The van der Waals surface area contributed by atoms with Gasteiger partial charge in [0, 0.05) is 16.7 Å². The molecule has 4 heteroatoms. The Labute approximate surface area is 367 Å². The summed E-state index contributed by atoms with van der Waals surface area (Å²) in [4.78, 5) is 14.9. The predicted octanol–water partition coefficient (Wildman–Crippen LogP) is 14.1. The first-order chi connectivity index (χ1) is 31.2. The molecule has 0 bridgehead atoms. The van der Waals surface area contributed by atoms with Crippen LogP contribution in [0.25, 0.3) is 78.7 Å². The van der Waals surface area contributed by atoms with Crippen LogP contribution in [0.2, 0.25) is 0 Å². The summed E-state index contributed by atoms with van der Waals surface area (Å²) in [5.74, 6) is 1.88. The molecule has 1 aromatic heterocycles. The lowest BCUT2D eigenvalue weighted by Gasteiger charge is -2.34. The van der Waals surface area contributed by atoms with Crippen LogP contribution in [-0.4, -0.2) is 15.0 Å². The zero-order chi connectivity index (χ0) is 42.2. The lowest BCUT2D eigenvalue weighted by Crippen LogP contribution is -2.28. The molecule has 0 spiro atoms. The van der Waals surface area contributed by atoms with Gasteiger partial charge in [-0.3, -0.25) is 0 Å². The second kappa shape index (κ2) is 15.8. The van der Waals surface area contributed by atoms with E-state index >= 15 is 0 Å². The van der Waals surface area contributed by atoms with Crippen LogP contribution in [0.1, 0.15) is 27.8 Å². The number of nitrogens with zero attached hydrogens (tertiary/aromatic N) is 4. The Bertz CT molecular complexity index is 3210. The largest absolute Gasteiger partial charge is 0.208 e. The predicted molar refractivity (Wildman–Crippen MR) is 254 cm³/mol. The molecule has 0 atom stereocenters. The topological polar surface area (TPSA) is 62.5 Å². The average Bonchev–Trinajstić information content (AvgIpc) is 3.67. The monoisotopic (exact) mass is 802 g/mol. The van der Waals surface area contributed by atoms with Crippen molar-refractivity contribution in [1.29, 1.82) is 5.26 Å². The van der Waals surface area contributed by atoms with Gasteiger partial charge in [0.1, 0.15) is 0 Å². The lowest BCUT2D eigenvalue weighted by atomic mass is 9.67. The van der Waals surface area contributed by atoms with Gasteiger partial charge < -0.3 is 0 Å². The molecule has 9 aromatic carbocycles. The summed E-state index contributed by atoms with van der Waals surface area (Å²) >= 11 is 0. The zero-order valence-corrected chi connectivity index (χ0v) is 34.2. The standard InChI is InChI=1S/C59H38N4/c60-39-40-28-30-42(31-29-40)51-37-53-50-26-13-14-27-54(50)59(48-22-9-3-10-23-48,49-24-11-4-12-25-49)55(53)38-52(51)43-34-32-41(33-35-43)46-20-15-21-47(36-46)58-62-56(44-16-5-1-6-17-44)61-57(63-58)45-18-7-2-8-19-45/h1-38H. The molecule has 0 amide bonds. The third kappa shape index (κ3) is 6.61. The summed E-state index contributed by atoms with van der Waals surface area (Å²) in [6.07, 6.45) is 0. The van der Waals surface area contributed by atoms with Gasteiger partial charge in [0.05, 0.1) is 17.0 Å². The molecule has 4 nitrogen and oxygen atoms in total. The van der Waals surface area contributed by atoms with Gasteiger partial charge >= 0.3 is 0 Å². The summed E-state index contributed by atoms with van der Waals surface area (Å²) in [6, 6.07) is 83.2. The highest BCUT2D eigenvalue weighted by molar-refractivity contribution is 5.95. The molecule has 10 aromatic rings. The van der Waals surface area contributed by atoms with E-state index in [9.17, 15) is 5.26 Å². The number of aromatic nitrogens is 3. The summed E-state index contributed by atoms with van der Waals surface area (Å²) < 4.78 is 0. The van der Waals surface area contributed by atoms with Crippen molar-refractivity contribution >= 4 is 0 Å². The molecule has 63 heavy (non-hydrogen) atoms. The van der Waals surface area contributed by atoms with Crippen LogP contribution in [0.3, 0.4) is 0 Å². The van der Waals surface area contributed by atoms with E-state index < -0.39 is 5.41 Å². The van der Waals surface area contributed by atoms with E-state index in [-0.39, 0.29) is 0 Å². The quantitative estimate of drug-likeness (QED) is 0.153. The maximum Gasteiger partial charge on any atom is 0.164 e. The second-order valence-electron chi connectivity index (χ2n) is 15.9. The Kier molecular flexibility index (Phi) is 9.41. The molecule has 0 aliphatic heterocycles. The van der Waals surface area contributed by atoms with Crippen LogP contribution in [0.5, 0.6) is 0 Å². The average molecular weight is 803 g/mol. The fraction of sp³-hybridized carbons (Fsp3) is 0.0169. The van der Waals surface area contributed by atoms with Crippen LogP contribution >= 0.6 is 0 Å². The normalized spacial score (nSPS) is 12.2. The van der Waals surface area contributed by atoms with E-state index in [2.05, 4.69) is 164 Å². The van der Waals surface area contributed by atoms with E-state index in [1.165, 1.54) is 33.4 Å². The van der Waals surface area contributed by atoms with Gasteiger partial charge in [0.25, 0.3) is 0 Å². The van der Waals surface area contributed by atoms with E-state index in [4.69, 9.17) is 15.0 Å². The molecular formula is C59H38N4. The molecule has 0 saturated carbocycles. The second-order valence-corrected chi connectivity index (χ2v) is 15.9. The molecule has 1 aliphatic rings. The number of fused-ring (bicyclic) bond motifs is 3. The van der Waals surface area contributed by atoms with Crippen LogP contribution in [0, 0.1) is 11.3 Å². The third-order valence-corrected chi connectivity index (χ3v) is 12.3. The van der Waals surface area contributed by atoms with Crippen LogP contribution in [-0.2, 0) is 5.41 Å². The Hall–Kier alpha value is -8.52. The van der Waals surface area contributed by atoms with Crippen molar-refractivity contribution in [3.63, 3.8) is 0 Å². The zero-order valence-electron chi connectivity index (χ0n) is 34.2. The smallest absolute Gasteiger partial charge is 0.164 e. The molecule has 11 rings (SSSR count). The van der Waals surface area contributed by atoms with Gasteiger partial charge in [-0.2, -0.15) is 5.26 Å². The Morgan fingerprint density at radius 1 is 0.302 bits per heavy atom. The van der Waals surface area contributed by atoms with Gasteiger partial charge in [0.15, 0.2) is 17.5 Å². The van der Waals surface area contributed by atoms with E-state index in [0.717, 1.165) is 50.1 Å². The number of benzene rings is 9. The first kappa shape index (κ1) is 37.5. The highest BCUT2D eigenvalue weighted by Gasteiger charge is 2.46. The van der Waals surface area contributed by atoms with Gasteiger partial charge in [-0.25, -0.2) is 15.0 Å². The maximum atomic E-state index is 9.70. The highest BCUT2D eigenvalue weighted by atomic mass is 15.0. The van der Waals surface area contributed by atoms with Gasteiger partial charge in [-0.05, 0) is 97.1 Å². The van der Waals surface area contributed by atoms with Crippen molar-refractivity contribution in [2.24, 2.45) is 0 Å². The summed E-state index contributed by atoms with van der Waals surface area (Å²) in [6.45, 7) is 0. The SMILES string of the molecule is N#Cc1ccc(-c2cc3c(cc2-c2ccc(-c4cccc(-c5nc(-c6ccccc6)nc(-c6ccccc6)n5)c4)cc2)C(c2ccccc2)(c2ccccc2)c2ccccc2-3)cc1. The first-order valence-electron chi connectivity index (χ1n) is 21.2. The molecule has 0 unspecified atom stereocenters. The molecule has 1 heterocycles. The van der Waals surface area contributed by atoms with E-state index in [1.54, 1.807) is 0 Å². The number of hydrogen-bond donors (Lipinski definition) is 0.